The number of aromatic nitrogens is 1. The normalized spacial score (nSPS) is 13.9. The number of nitrogens with zero attached hydrogens (tertiary/aromatic N) is 2. The number of hydrogen-bond acceptors (Lipinski definition) is 8. The molecule has 1 aliphatic rings. The van der Waals surface area contributed by atoms with Crippen molar-refractivity contribution in [2.24, 2.45) is 0 Å². The molecule has 27 heavy (non-hydrogen) atoms. The van der Waals surface area contributed by atoms with Crippen molar-refractivity contribution in [3.8, 4) is 11.5 Å². The number of carbonyl (C=O) groups excluding carboxylic acids is 2. The fourth-order valence-electron chi connectivity index (χ4n) is 2.55. The van der Waals surface area contributed by atoms with Crippen LogP contribution in [0.5, 0.6) is 11.5 Å². The summed E-state index contributed by atoms with van der Waals surface area (Å²) in [5.74, 6) is -0.932. The fourth-order valence-corrected chi connectivity index (χ4v) is 3.56. The zero-order chi connectivity index (χ0) is 19.4. The smallest absolute Gasteiger partial charge is 0.281 e. The van der Waals surface area contributed by atoms with Gasteiger partial charge in [-0.05, 0) is 19.1 Å². The Morgan fingerprint density at radius 1 is 1.26 bits per heavy atom. The number of amides is 2. The van der Waals surface area contributed by atoms with Crippen LogP contribution in [0.25, 0.3) is 0 Å². The number of anilines is 1. The van der Waals surface area contributed by atoms with Gasteiger partial charge >= 0.3 is 0 Å². The number of rotatable bonds is 4. The minimum Gasteiger partial charge on any atom is -0.507 e. The minimum absolute atomic E-state index is 0.0196. The van der Waals surface area contributed by atoms with Crippen LogP contribution in [0.4, 0.5) is 5.13 Å². The standard InChI is InChI=1S/C17H20N4O5S/c1-10-14(27-17(18-10)21-5-7-26-8-6-21)16(24)20-19-15(23)12-4-3-11(25-2)9-13(12)22/h3-4,9,22H,5-8H2,1-2H3,(H,19,23)(H,20,24). The molecule has 144 valence electrons. The Morgan fingerprint density at radius 3 is 2.63 bits per heavy atom. The highest BCUT2D eigenvalue weighted by atomic mass is 32.1. The Hall–Kier alpha value is -2.85. The zero-order valence-electron chi connectivity index (χ0n) is 14.9. The van der Waals surface area contributed by atoms with Crippen molar-refractivity contribution in [1.82, 2.24) is 15.8 Å². The average Bonchev–Trinajstić information content (AvgIpc) is 3.08. The zero-order valence-corrected chi connectivity index (χ0v) is 15.8. The molecule has 0 unspecified atom stereocenters. The van der Waals surface area contributed by atoms with E-state index in [4.69, 9.17) is 9.47 Å². The second kappa shape index (κ2) is 8.23. The first-order valence-electron chi connectivity index (χ1n) is 8.27. The maximum atomic E-state index is 12.4. The van der Waals surface area contributed by atoms with Crippen LogP contribution in [0.1, 0.15) is 25.7 Å². The van der Waals surface area contributed by atoms with Crippen molar-refractivity contribution < 1.29 is 24.2 Å². The number of hydrogen-bond donors (Lipinski definition) is 3. The van der Waals surface area contributed by atoms with Crippen LogP contribution < -0.4 is 20.5 Å². The van der Waals surface area contributed by atoms with E-state index in [2.05, 4.69) is 20.7 Å². The summed E-state index contributed by atoms with van der Waals surface area (Å²) in [6.45, 7) is 4.44. The predicted molar refractivity (Wildman–Crippen MR) is 99.5 cm³/mol. The monoisotopic (exact) mass is 392 g/mol. The van der Waals surface area contributed by atoms with Crippen molar-refractivity contribution in [2.45, 2.75) is 6.92 Å². The molecule has 2 aromatic rings. The minimum atomic E-state index is -0.640. The number of carbonyl (C=O) groups is 2. The van der Waals surface area contributed by atoms with Gasteiger partial charge in [0.1, 0.15) is 16.4 Å². The first-order chi connectivity index (χ1) is 13.0. The van der Waals surface area contributed by atoms with E-state index >= 15 is 0 Å². The largest absolute Gasteiger partial charge is 0.507 e. The molecule has 3 N–H and O–H groups in total. The number of methoxy groups -OCH3 is 1. The van der Waals surface area contributed by atoms with Crippen molar-refractivity contribution in [3.05, 3.63) is 34.3 Å². The number of aromatic hydroxyl groups is 1. The van der Waals surface area contributed by atoms with E-state index in [-0.39, 0.29) is 11.3 Å². The number of morpholine rings is 1. The van der Waals surface area contributed by atoms with Crippen LogP contribution >= 0.6 is 11.3 Å². The molecular formula is C17H20N4O5S. The lowest BCUT2D eigenvalue weighted by Gasteiger charge is -2.25. The third-order valence-corrected chi connectivity index (χ3v) is 5.23. The molecule has 1 saturated heterocycles. The summed E-state index contributed by atoms with van der Waals surface area (Å²) >= 11 is 1.26. The number of phenolic OH excluding ortho intramolecular Hbond substituents is 1. The van der Waals surface area contributed by atoms with E-state index < -0.39 is 11.8 Å². The van der Waals surface area contributed by atoms with Gasteiger partial charge in [-0.3, -0.25) is 20.4 Å². The molecule has 1 aromatic heterocycles. The summed E-state index contributed by atoms with van der Waals surface area (Å²) in [7, 11) is 1.46. The van der Waals surface area contributed by atoms with Crippen molar-refractivity contribution in [2.75, 3.05) is 38.3 Å². The quantitative estimate of drug-likeness (QED) is 0.667. The lowest BCUT2D eigenvalue weighted by Crippen LogP contribution is -2.41. The topological polar surface area (TPSA) is 113 Å². The summed E-state index contributed by atoms with van der Waals surface area (Å²) in [6.07, 6.45) is 0. The van der Waals surface area contributed by atoms with Gasteiger partial charge in [0, 0.05) is 19.2 Å². The summed E-state index contributed by atoms with van der Waals surface area (Å²) < 4.78 is 10.3. The number of phenols is 1. The SMILES string of the molecule is COc1ccc(C(=O)NNC(=O)c2sc(N3CCOCC3)nc2C)c(O)c1. The lowest BCUT2D eigenvalue weighted by molar-refractivity contribution is 0.0846. The third kappa shape index (κ3) is 4.29. The molecule has 9 nitrogen and oxygen atoms in total. The highest BCUT2D eigenvalue weighted by Crippen LogP contribution is 2.27. The second-order valence-electron chi connectivity index (χ2n) is 5.80. The van der Waals surface area contributed by atoms with Crippen LogP contribution in [-0.4, -0.2) is 55.3 Å². The number of benzene rings is 1. The Bertz CT molecular complexity index is 848. The van der Waals surface area contributed by atoms with Gasteiger partial charge in [0.15, 0.2) is 5.13 Å². The predicted octanol–water partition coefficient (Wildman–Crippen LogP) is 1.08. The van der Waals surface area contributed by atoms with Crippen molar-refractivity contribution in [3.63, 3.8) is 0 Å². The van der Waals surface area contributed by atoms with Crippen LogP contribution in [0.15, 0.2) is 18.2 Å². The Kier molecular flexibility index (Phi) is 5.77. The maximum Gasteiger partial charge on any atom is 0.281 e. The summed E-state index contributed by atoms with van der Waals surface area (Å²) in [5.41, 5.74) is 5.26. The fraction of sp³-hybridized carbons (Fsp3) is 0.353. The van der Waals surface area contributed by atoms with Gasteiger partial charge in [-0.2, -0.15) is 0 Å². The Labute approximate surface area is 159 Å². The molecule has 1 aromatic carbocycles. The van der Waals surface area contributed by atoms with E-state index in [0.29, 0.717) is 29.5 Å². The van der Waals surface area contributed by atoms with Gasteiger partial charge in [0.2, 0.25) is 0 Å². The molecule has 3 rings (SSSR count). The van der Waals surface area contributed by atoms with Crippen LogP contribution in [0.3, 0.4) is 0 Å². The third-order valence-electron chi connectivity index (χ3n) is 4.01. The number of aryl methyl sites for hydroxylation is 1. The first-order valence-corrected chi connectivity index (χ1v) is 9.09. The van der Waals surface area contributed by atoms with Crippen LogP contribution in [-0.2, 0) is 4.74 Å². The van der Waals surface area contributed by atoms with Crippen molar-refractivity contribution >= 4 is 28.3 Å². The van der Waals surface area contributed by atoms with Crippen LogP contribution in [0.2, 0.25) is 0 Å². The molecule has 1 aliphatic heterocycles. The average molecular weight is 392 g/mol. The number of thiazole rings is 1. The molecule has 0 saturated carbocycles. The Morgan fingerprint density at radius 2 is 1.96 bits per heavy atom. The molecule has 0 bridgehead atoms. The van der Waals surface area contributed by atoms with E-state index in [1.807, 2.05) is 0 Å². The highest BCUT2D eigenvalue weighted by Gasteiger charge is 2.21. The van der Waals surface area contributed by atoms with Gasteiger partial charge in [-0.25, -0.2) is 4.98 Å². The van der Waals surface area contributed by atoms with Gasteiger partial charge in [-0.15, -0.1) is 0 Å². The van der Waals surface area contributed by atoms with Crippen LogP contribution in [0, 0.1) is 6.92 Å². The molecule has 0 atom stereocenters. The van der Waals surface area contributed by atoms with E-state index in [0.717, 1.165) is 18.2 Å². The molecule has 2 amide bonds. The number of ether oxygens (including phenoxy) is 2. The number of hydrazine groups is 1. The summed E-state index contributed by atoms with van der Waals surface area (Å²) in [5, 5.41) is 10.6. The molecular weight excluding hydrogens is 372 g/mol. The van der Waals surface area contributed by atoms with E-state index in [1.165, 1.54) is 30.6 Å². The van der Waals surface area contributed by atoms with Gasteiger partial charge < -0.3 is 19.5 Å². The summed E-state index contributed by atoms with van der Waals surface area (Å²) in [4.78, 5) is 31.5. The molecule has 0 spiro atoms. The van der Waals surface area contributed by atoms with E-state index in [1.54, 1.807) is 13.0 Å². The molecule has 1 fully saturated rings. The first kappa shape index (κ1) is 18.9. The Balaban J connectivity index is 1.63. The summed E-state index contributed by atoms with van der Waals surface area (Å²) in [6, 6.07) is 4.27. The van der Waals surface area contributed by atoms with Gasteiger partial charge in [0.25, 0.3) is 11.8 Å². The van der Waals surface area contributed by atoms with E-state index in [9.17, 15) is 14.7 Å². The second-order valence-corrected chi connectivity index (χ2v) is 6.78. The molecule has 10 heteroatoms. The molecule has 2 heterocycles. The lowest BCUT2D eigenvalue weighted by atomic mass is 10.2. The number of nitrogens with one attached hydrogen (secondary N) is 2. The molecule has 0 aliphatic carbocycles. The van der Waals surface area contributed by atoms with Crippen molar-refractivity contribution in [1.29, 1.82) is 0 Å². The molecule has 0 radical (unpaired) electrons. The highest BCUT2D eigenvalue weighted by molar-refractivity contribution is 7.17. The van der Waals surface area contributed by atoms with Gasteiger partial charge in [-0.1, -0.05) is 11.3 Å². The maximum absolute atomic E-state index is 12.4. The van der Waals surface area contributed by atoms with Gasteiger partial charge in [0.05, 0.1) is 31.6 Å².